The second kappa shape index (κ2) is 5.06. The summed E-state index contributed by atoms with van der Waals surface area (Å²) in [6.07, 6.45) is 3.05. The van der Waals surface area contributed by atoms with Gasteiger partial charge >= 0.3 is 5.97 Å². The lowest BCUT2D eigenvalue weighted by Gasteiger charge is -2.40. The molecule has 1 N–H and O–H groups in total. The summed E-state index contributed by atoms with van der Waals surface area (Å²) in [5.41, 5.74) is -1.02. The van der Waals surface area contributed by atoms with E-state index >= 15 is 0 Å². The van der Waals surface area contributed by atoms with Gasteiger partial charge in [-0.25, -0.2) is 9.18 Å². The highest BCUT2D eigenvalue weighted by molar-refractivity contribution is 5.80. The van der Waals surface area contributed by atoms with Crippen LogP contribution >= 0.6 is 0 Å². The Hall–Kier alpha value is -1.42. The first-order chi connectivity index (χ1) is 8.56. The quantitative estimate of drug-likeness (QED) is 0.897. The maximum absolute atomic E-state index is 13.9. The molecule has 98 valence electrons. The summed E-state index contributed by atoms with van der Waals surface area (Å²) in [5.74, 6) is -1.44. The van der Waals surface area contributed by atoms with Crippen molar-refractivity contribution in [1.82, 2.24) is 4.90 Å². The molecule has 1 atom stereocenters. The van der Waals surface area contributed by atoms with Crippen LogP contribution in [0.3, 0.4) is 0 Å². The molecular weight excluding hydrogens is 233 g/mol. The second-order valence-corrected chi connectivity index (χ2v) is 4.90. The molecule has 1 aromatic carbocycles. The molecule has 0 bridgehead atoms. The van der Waals surface area contributed by atoms with E-state index < -0.39 is 17.3 Å². The molecule has 0 saturated carbocycles. The van der Waals surface area contributed by atoms with Crippen LogP contribution in [-0.2, 0) is 10.3 Å². The van der Waals surface area contributed by atoms with E-state index in [1.165, 1.54) is 6.07 Å². The Labute approximate surface area is 106 Å². The van der Waals surface area contributed by atoms with E-state index in [1.54, 1.807) is 25.1 Å². The normalized spacial score (nSPS) is 20.3. The zero-order valence-electron chi connectivity index (χ0n) is 10.5. The molecule has 2 rings (SSSR count). The van der Waals surface area contributed by atoms with E-state index in [-0.39, 0.29) is 5.56 Å². The summed E-state index contributed by atoms with van der Waals surface area (Å²) in [5, 5.41) is 9.55. The lowest BCUT2D eigenvalue weighted by Crippen LogP contribution is -2.52. The average molecular weight is 251 g/mol. The summed E-state index contributed by atoms with van der Waals surface area (Å²) >= 11 is 0. The van der Waals surface area contributed by atoms with Crippen LogP contribution in [0.2, 0.25) is 0 Å². The molecule has 1 aromatic rings. The number of halogens is 1. The fraction of sp³-hybridized carbons (Fsp3) is 0.500. The number of carbonyl (C=O) groups is 1. The zero-order valence-corrected chi connectivity index (χ0v) is 10.5. The SMILES string of the molecule is CC(C(=O)O)(c1ccccc1F)N1CCCCC1. The van der Waals surface area contributed by atoms with Crippen LogP contribution in [-0.4, -0.2) is 29.1 Å². The highest BCUT2D eigenvalue weighted by Gasteiger charge is 2.43. The Balaban J connectivity index is 2.43. The molecule has 3 nitrogen and oxygen atoms in total. The summed E-state index contributed by atoms with van der Waals surface area (Å²) in [7, 11) is 0. The largest absolute Gasteiger partial charge is 0.480 e. The fourth-order valence-electron chi connectivity index (χ4n) is 2.62. The van der Waals surface area contributed by atoms with Crippen molar-refractivity contribution in [3.05, 3.63) is 35.6 Å². The van der Waals surface area contributed by atoms with Crippen molar-refractivity contribution in [1.29, 1.82) is 0 Å². The van der Waals surface area contributed by atoms with E-state index in [1.807, 2.05) is 4.90 Å². The monoisotopic (exact) mass is 251 g/mol. The summed E-state index contributed by atoms with van der Waals surface area (Å²) in [4.78, 5) is 13.5. The van der Waals surface area contributed by atoms with Crippen molar-refractivity contribution in [3.63, 3.8) is 0 Å². The molecule has 18 heavy (non-hydrogen) atoms. The minimum Gasteiger partial charge on any atom is -0.480 e. The highest BCUT2D eigenvalue weighted by atomic mass is 19.1. The number of nitrogens with zero attached hydrogens (tertiary/aromatic N) is 1. The Kier molecular flexibility index (Phi) is 3.66. The third-order valence-corrected chi connectivity index (χ3v) is 3.80. The highest BCUT2D eigenvalue weighted by Crippen LogP contribution is 2.32. The number of benzene rings is 1. The Morgan fingerprint density at radius 2 is 1.89 bits per heavy atom. The number of carboxylic acid groups (broad SMARTS) is 1. The molecule has 1 aliphatic heterocycles. The van der Waals surface area contributed by atoms with Gasteiger partial charge in [0.05, 0.1) is 0 Å². The maximum atomic E-state index is 13.9. The molecule has 0 amide bonds. The Bertz CT molecular complexity index is 443. The van der Waals surface area contributed by atoms with E-state index in [4.69, 9.17) is 0 Å². The predicted molar refractivity (Wildman–Crippen MR) is 66.8 cm³/mol. The van der Waals surface area contributed by atoms with Gasteiger partial charge in [-0.3, -0.25) is 4.90 Å². The lowest BCUT2D eigenvalue weighted by atomic mass is 9.88. The van der Waals surface area contributed by atoms with Crippen molar-refractivity contribution in [2.24, 2.45) is 0 Å². The van der Waals surface area contributed by atoms with Gasteiger partial charge in [0.2, 0.25) is 0 Å². The van der Waals surface area contributed by atoms with Gasteiger partial charge in [-0.15, -0.1) is 0 Å². The molecule has 1 unspecified atom stereocenters. The van der Waals surface area contributed by atoms with Gasteiger partial charge in [0.25, 0.3) is 0 Å². The number of rotatable bonds is 3. The molecule has 1 heterocycles. The van der Waals surface area contributed by atoms with Crippen LogP contribution in [0.15, 0.2) is 24.3 Å². The van der Waals surface area contributed by atoms with Crippen molar-refractivity contribution in [3.8, 4) is 0 Å². The van der Waals surface area contributed by atoms with Crippen molar-refractivity contribution >= 4 is 5.97 Å². The van der Waals surface area contributed by atoms with Crippen LogP contribution in [0.25, 0.3) is 0 Å². The Morgan fingerprint density at radius 3 is 2.44 bits per heavy atom. The molecule has 0 radical (unpaired) electrons. The van der Waals surface area contributed by atoms with Crippen LogP contribution in [0.5, 0.6) is 0 Å². The Morgan fingerprint density at radius 1 is 1.28 bits per heavy atom. The smallest absolute Gasteiger partial charge is 0.328 e. The number of carboxylic acids is 1. The van der Waals surface area contributed by atoms with Crippen LogP contribution < -0.4 is 0 Å². The third-order valence-electron chi connectivity index (χ3n) is 3.80. The summed E-state index contributed by atoms with van der Waals surface area (Å²) in [6.45, 7) is 3.01. The van der Waals surface area contributed by atoms with Crippen molar-refractivity contribution in [2.75, 3.05) is 13.1 Å². The number of hydrogen-bond donors (Lipinski definition) is 1. The third kappa shape index (κ3) is 2.12. The number of aliphatic carboxylic acids is 1. The number of hydrogen-bond acceptors (Lipinski definition) is 2. The number of piperidine rings is 1. The molecule has 0 aliphatic carbocycles. The molecule has 0 spiro atoms. The first kappa shape index (κ1) is 13.0. The summed E-state index contributed by atoms with van der Waals surface area (Å²) in [6, 6.07) is 6.15. The first-order valence-corrected chi connectivity index (χ1v) is 6.30. The molecular formula is C14H18FNO2. The van der Waals surface area contributed by atoms with Gasteiger partial charge in [0.15, 0.2) is 0 Å². The van der Waals surface area contributed by atoms with E-state index in [9.17, 15) is 14.3 Å². The van der Waals surface area contributed by atoms with Crippen LogP contribution in [0.4, 0.5) is 4.39 Å². The fourth-order valence-corrected chi connectivity index (χ4v) is 2.62. The maximum Gasteiger partial charge on any atom is 0.328 e. The van der Waals surface area contributed by atoms with E-state index in [0.29, 0.717) is 13.1 Å². The molecule has 4 heteroatoms. The summed E-state index contributed by atoms with van der Waals surface area (Å²) < 4.78 is 13.9. The van der Waals surface area contributed by atoms with Gasteiger partial charge in [-0.2, -0.15) is 0 Å². The van der Waals surface area contributed by atoms with Crippen molar-refractivity contribution < 1.29 is 14.3 Å². The topological polar surface area (TPSA) is 40.5 Å². The predicted octanol–water partition coefficient (Wildman–Crippen LogP) is 2.61. The minimum atomic E-state index is -1.27. The average Bonchev–Trinajstić information content (AvgIpc) is 2.39. The van der Waals surface area contributed by atoms with E-state index in [2.05, 4.69) is 0 Å². The van der Waals surface area contributed by atoms with Gasteiger partial charge in [-0.1, -0.05) is 24.6 Å². The molecule has 0 aromatic heterocycles. The molecule has 1 saturated heterocycles. The number of likely N-dealkylation sites (tertiary alicyclic amines) is 1. The van der Waals surface area contributed by atoms with Crippen molar-refractivity contribution in [2.45, 2.75) is 31.7 Å². The minimum absolute atomic E-state index is 0.249. The lowest BCUT2D eigenvalue weighted by molar-refractivity contribution is -0.152. The van der Waals surface area contributed by atoms with Gasteiger partial charge in [-0.05, 0) is 38.9 Å². The standard InChI is InChI=1S/C14H18FNO2/c1-14(13(17)18,16-9-5-2-6-10-16)11-7-3-4-8-12(11)15/h3-4,7-8H,2,5-6,9-10H2,1H3,(H,17,18). The second-order valence-electron chi connectivity index (χ2n) is 4.90. The van der Waals surface area contributed by atoms with Gasteiger partial charge < -0.3 is 5.11 Å². The van der Waals surface area contributed by atoms with Crippen LogP contribution in [0.1, 0.15) is 31.7 Å². The van der Waals surface area contributed by atoms with Gasteiger partial charge in [0, 0.05) is 5.56 Å². The van der Waals surface area contributed by atoms with Gasteiger partial charge in [0.1, 0.15) is 11.4 Å². The van der Waals surface area contributed by atoms with Crippen LogP contribution in [0, 0.1) is 5.82 Å². The molecule has 1 fully saturated rings. The molecule has 1 aliphatic rings. The first-order valence-electron chi connectivity index (χ1n) is 6.30. The van der Waals surface area contributed by atoms with E-state index in [0.717, 1.165) is 19.3 Å². The zero-order chi connectivity index (χ0) is 13.2.